The van der Waals surface area contributed by atoms with Gasteiger partial charge >= 0.3 is 0 Å². The Morgan fingerprint density at radius 1 is 1.30 bits per heavy atom. The van der Waals surface area contributed by atoms with Crippen LogP contribution in [-0.2, 0) is 14.9 Å². The van der Waals surface area contributed by atoms with Gasteiger partial charge in [-0.05, 0) is 56.7 Å². The number of nitrogens with one attached hydrogen (secondary N) is 2. The number of benzene rings is 1. The van der Waals surface area contributed by atoms with E-state index < -0.39 is 0 Å². The number of fused-ring (bicyclic) bond motifs is 2. The molecule has 3 aliphatic heterocycles. The molecule has 2 bridgehead atoms. The molecule has 2 N–H and O–H groups in total. The average molecular weight is 392 g/mol. The zero-order valence-corrected chi connectivity index (χ0v) is 16.8. The molecule has 0 radical (unpaired) electrons. The van der Waals surface area contributed by atoms with Crippen LogP contribution in [0.5, 0.6) is 0 Å². The lowest BCUT2D eigenvalue weighted by Gasteiger charge is -2.37. The molecule has 3 saturated heterocycles. The van der Waals surface area contributed by atoms with Gasteiger partial charge in [-0.25, -0.2) is 0 Å². The van der Waals surface area contributed by atoms with E-state index in [1.54, 1.807) is 0 Å². The highest BCUT2D eigenvalue weighted by Crippen LogP contribution is 2.37. The molecule has 0 aromatic heterocycles. The summed E-state index contributed by atoms with van der Waals surface area (Å²) in [6.07, 6.45) is 6.15. The Balaban J connectivity index is 1.51. The number of nitrogens with zero attached hydrogens (tertiary/aromatic N) is 1. The first kappa shape index (κ1) is 19.0. The zero-order valence-electron chi connectivity index (χ0n) is 16.0. The van der Waals surface area contributed by atoms with Crippen LogP contribution < -0.4 is 10.6 Å². The van der Waals surface area contributed by atoms with Crippen molar-refractivity contribution in [2.75, 3.05) is 26.3 Å². The summed E-state index contributed by atoms with van der Waals surface area (Å²) in [6, 6.07) is 8.61. The minimum Gasteiger partial charge on any atom is -0.381 e. The first-order valence-electron chi connectivity index (χ1n) is 10.2. The maximum absolute atomic E-state index is 6.28. The fourth-order valence-electron chi connectivity index (χ4n) is 4.63. The molecule has 6 heteroatoms. The molecule has 0 saturated carbocycles. The summed E-state index contributed by atoms with van der Waals surface area (Å²) in [4.78, 5) is 5.00. The third kappa shape index (κ3) is 4.25. The van der Waals surface area contributed by atoms with Gasteiger partial charge in [-0.15, -0.1) is 0 Å². The van der Waals surface area contributed by atoms with Crippen molar-refractivity contribution in [3.05, 3.63) is 34.9 Å². The topological polar surface area (TPSA) is 54.9 Å². The molecule has 3 heterocycles. The minimum atomic E-state index is -0.0172. The number of rotatable bonds is 5. The molecule has 0 spiro atoms. The third-order valence-electron chi connectivity index (χ3n) is 6.20. The Kier molecular flexibility index (Phi) is 5.90. The van der Waals surface area contributed by atoms with Crippen molar-refractivity contribution in [3.63, 3.8) is 0 Å². The number of halogens is 1. The molecule has 3 fully saturated rings. The van der Waals surface area contributed by atoms with Crippen LogP contribution in [0.1, 0.15) is 44.6 Å². The van der Waals surface area contributed by atoms with Crippen LogP contribution in [0.25, 0.3) is 0 Å². The van der Waals surface area contributed by atoms with E-state index in [2.05, 4.69) is 29.7 Å². The zero-order chi connectivity index (χ0) is 18.7. The lowest BCUT2D eigenvalue weighted by atomic mass is 9.74. The van der Waals surface area contributed by atoms with Crippen LogP contribution in [0.3, 0.4) is 0 Å². The third-order valence-corrected chi connectivity index (χ3v) is 6.43. The van der Waals surface area contributed by atoms with E-state index in [0.29, 0.717) is 18.2 Å². The highest BCUT2D eigenvalue weighted by atomic mass is 35.5. The van der Waals surface area contributed by atoms with Crippen LogP contribution in [0.15, 0.2) is 29.3 Å². The summed E-state index contributed by atoms with van der Waals surface area (Å²) >= 11 is 6.28. The normalized spacial score (nSPS) is 29.7. The largest absolute Gasteiger partial charge is 0.381 e. The lowest BCUT2D eigenvalue weighted by molar-refractivity contribution is 0.0531. The van der Waals surface area contributed by atoms with Crippen molar-refractivity contribution in [1.82, 2.24) is 10.6 Å². The minimum absolute atomic E-state index is 0.0172. The van der Waals surface area contributed by atoms with Crippen LogP contribution in [0.4, 0.5) is 0 Å². The van der Waals surface area contributed by atoms with Crippen LogP contribution >= 0.6 is 11.6 Å². The van der Waals surface area contributed by atoms with Gasteiger partial charge in [0.25, 0.3) is 0 Å². The summed E-state index contributed by atoms with van der Waals surface area (Å²) in [5.74, 6) is 0.895. The van der Waals surface area contributed by atoms with Crippen molar-refractivity contribution in [3.8, 4) is 0 Å². The van der Waals surface area contributed by atoms with E-state index in [9.17, 15) is 0 Å². The predicted octanol–water partition coefficient (Wildman–Crippen LogP) is 3.26. The Morgan fingerprint density at radius 2 is 2.15 bits per heavy atom. The van der Waals surface area contributed by atoms with Crippen molar-refractivity contribution in [1.29, 1.82) is 0 Å². The van der Waals surface area contributed by atoms with E-state index in [-0.39, 0.29) is 5.41 Å². The summed E-state index contributed by atoms with van der Waals surface area (Å²) < 4.78 is 11.6. The quantitative estimate of drug-likeness (QED) is 0.597. The number of hydrogen-bond acceptors (Lipinski definition) is 3. The second-order valence-electron chi connectivity index (χ2n) is 7.96. The smallest absolute Gasteiger partial charge is 0.191 e. The van der Waals surface area contributed by atoms with E-state index in [1.807, 2.05) is 12.1 Å². The van der Waals surface area contributed by atoms with Gasteiger partial charge in [-0.2, -0.15) is 0 Å². The van der Waals surface area contributed by atoms with E-state index in [0.717, 1.165) is 63.0 Å². The fourth-order valence-corrected chi connectivity index (χ4v) is 4.82. The Hall–Kier alpha value is -1.30. The number of ether oxygens (including phenoxy) is 2. The van der Waals surface area contributed by atoms with Gasteiger partial charge in [0, 0.05) is 30.2 Å². The molecule has 3 atom stereocenters. The Bertz CT molecular complexity index is 675. The number of guanidine groups is 1. The van der Waals surface area contributed by atoms with Crippen LogP contribution in [0, 0.1) is 0 Å². The Labute approximate surface area is 166 Å². The summed E-state index contributed by atoms with van der Waals surface area (Å²) in [5.41, 5.74) is 1.25. The van der Waals surface area contributed by atoms with Gasteiger partial charge in [-0.3, -0.25) is 4.99 Å². The molecule has 148 valence electrons. The second kappa shape index (κ2) is 8.38. The van der Waals surface area contributed by atoms with Crippen LogP contribution in [0.2, 0.25) is 5.02 Å². The monoisotopic (exact) mass is 391 g/mol. The first-order valence-corrected chi connectivity index (χ1v) is 10.6. The molecular formula is C21H30ClN3O2. The van der Waals surface area contributed by atoms with Gasteiger partial charge in [-0.1, -0.05) is 23.7 Å². The maximum atomic E-state index is 6.28. The standard InChI is InChI=1S/C21H30ClN3O2/c1-2-23-20(25-18-13-17-6-7-19(18)27-17)24-14-21(8-10-26-11-9-21)15-4-3-5-16(22)12-15/h3-5,12,17-19H,2,6-11,13-14H2,1H3,(H2,23,24,25). The van der Waals surface area contributed by atoms with E-state index in [4.69, 9.17) is 26.1 Å². The van der Waals surface area contributed by atoms with Gasteiger partial charge in [0.1, 0.15) is 0 Å². The molecule has 3 aliphatic rings. The van der Waals surface area contributed by atoms with Crippen molar-refractivity contribution in [2.24, 2.45) is 4.99 Å². The average Bonchev–Trinajstić information content (AvgIpc) is 3.30. The predicted molar refractivity (Wildman–Crippen MR) is 109 cm³/mol. The van der Waals surface area contributed by atoms with Gasteiger partial charge < -0.3 is 20.1 Å². The molecule has 4 rings (SSSR count). The SMILES string of the molecule is CCNC(=NCC1(c2cccc(Cl)c2)CCOCC1)NC1CC2CCC1O2. The summed E-state index contributed by atoms with van der Waals surface area (Å²) in [5, 5.41) is 7.82. The molecular weight excluding hydrogens is 362 g/mol. The molecule has 1 aromatic rings. The van der Waals surface area contributed by atoms with Crippen molar-refractivity contribution in [2.45, 2.75) is 62.7 Å². The van der Waals surface area contributed by atoms with Gasteiger partial charge in [0.15, 0.2) is 5.96 Å². The number of hydrogen-bond donors (Lipinski definition) is 2. The van der Waals surface area contributed by atoms with Gasteiger partial charge in [0.2, 0.25) is 0 Å². The molecule has 1 aromatic carbocycles. The molecule has 27 heavy (non-hydrogen) atoms. The lowest BCUT2D eigenvalue weighted by Crippen LogP contribution is -2.48. The van der Waals surface area contributed by atoms with Gasteiger partial charge in [0.05, 0.1) is 24.8 Å². The molecule has 3 unspecified atom stereocenters. The second-order valence-corrected chi connectivity index (χ2v) is 8.40. The van der Waals surface area contributed by atoms with Crippen molar-refractivity contribution >= 4 is 17.6 Å². The van der Waals surface area contributed by atoms with E-state index >= 15 is 0 Å². The summed E-state index contributed by atoms with van der Waals surface area (Å²) in [7, 11) is 0. The van der Waals surface area contributed by atoms with Crippen molar-refractivity contribution < 1.29 is 9.47 Å². The number of aliphatic imine (C=N–C) groups is 1. The molecule has 5 nitrogen and oxygen atoms in total. The first-order chi connectivity index (χ1) is 13.2. The fraction of sp³-hybridized carbons (Fsp3) is 0.667. The highest BCUT2D eigenvalue weighted by molar-refractivity contribution is 6.30. The summed E-state index contributed by atoms with van der Waals surface area (Å²) in [6.45, 7) is 5.22. The Morgan fingerprint density at radius 3 is 2.81 bits per heavy atom. The highest BCUT2D eigenvalue weighted by Gasteiger charge is 2.41. The molecule has 0 amide bonds. The molecule has 0 aliphatic carbocycles. The van der Waals surface area contributed by atoms with Crippen LogP contribution in [-0.4, -0.2) is 50.5 Å². The maximum Gasteiger partial charge on any atom is 0.191 e. The van der Waals surface area contributed by atoms with E-state index in [1.165, 1.54) is 12.0 Å².